The Bertz CT molecular complexity index is 728. The van der Waals surface area contributed by atoms with E-state index in [9.17, 15) is 9.59 Å². The lowest BCUT2D eigenvalue weighted by Crippen LogP contribution is -2.34. The van der Waals surface area contributed by atoms with Gasteiger partial charge in [-0.15, -0.1) is 0 Å². The lowest BCUT2D eigenvalue weighted by Gasteiger charge is -2.21. The molecule has 0 fully saturated rings. The highest BCUT2D eigenvalue weighted by Crippen LogP contribution is 2.21. The number of hydrogen-bond donors (Lipinski definition) is 2. The normalized spacial score (nSPS) is 11.3. The summed E-state index contributed by atoms with van der Waals surface area (Å²) >= 11 is 0. The summed E-state index contributed by atoms with van der Waals surface area (Å²) in [5.41, 5.74) is 0.527. The molecule has 1 aromatic carbocycles. The number of carboxylic acid groups (broad SMARTS) is 2. The van der Waals surface area contributed by atoms with Crippen LogP contribution in [-0.2, 0) is 9.59 Å². The van der Waals surface area contributed by atoms with Crippen molar-refractivity contribution < 1.29 is 24.5 Å². The Morgan fingerprint density at radius 2 is 1.41 bits per heavy atom. The number of benzene rings is 1. The van der Waals surface area contributed by atoms with E-state index in [1.165, 1.54) is 56.3 Å². The van der Waals surface area contributed by atoms with E-state index in [1.54, 1.807) is 24.3 Å². The van der Waals surface area contributed by atoms with Gasteiger partial charge in [-0.1, -0.05) is 75.8 Å². The number of rotatable bonds is 21. The second-order valence-corrected chi connectivity index (χ2v) is 8.57. The predicted octanol–water partition coefficient (Wildman–Crippen LogP) is 6.85. The molecule has 190 valence electrons. The maximum absolute atomic E-state index is 11.0. The van der Waals surface area contributed by atoms with Crippen LogP contribution in [0.15, 0.2) is 48.6 Å². The number of unbranched alkanes of at least 4 members (excludes halogenated alkanes) is 9. The van der Waals surface area contributed by atoms with Gasteiger partial charge in [-0.05, 0) is 50.7 Å². The zero-order valence-electron chi connectivity index (χ0n) is 20.8. The minimum absolute atomic E-state index is 0.373. The topological polar surface area (TPSA) is 87.1 Å². The van der Waals surface area contributed by atoms with Gasteiger partial charge >= 0.3 is 11.9 Å². The Labute approximate surface area is 205 Å². The highest BCUT2D eigenvalue weighted by molar-refractivity contribution is 5.79. The van der Waals surface area contributed by atoms with Gasteiger partial charge in [0.2, 0.25) is 0 Å². The molecule has 1 aromatic rings. The van der Waals surface area contributed by atoms with Crippen LogP contribution in [0.25, 0.3) is 0 Å². The number of anilines is 1. The van der Waals surface area contributed by atoms with Crippen molar-refractivity contribution in [3.63, 3.8) is 0 Å². The van der Waals surface area contributed by atoms with Gasteiger partial charge in [0.15, 0.2) is 0 Å². The van der Waals surface area contributed by atoms with Crippen LogP contribution >= 0.6 is 0 Å². The summed E-state index contributed by atoms with van der Waals surface area (Å²) in [5, 5.41) is 18.0. The molecular formula is C28H43NO5. The molecule has 0 amide bonds. The molecule has 1 rings (SSSR count). The molecule has 0 aliphatic heterocycles. The molecule has 0 unspecified atom stereocenters. The second-order valence-electron chi connectivity index (χ2n) is 8.57. The first-order chi connectivity index (χ1) is 16.5. The molecule has 0 heterocycles. The van der Waals surface area contributed by atoms with Gasteiger partial charge in [-0.2, -0.15) is 0 Å². The Morgan fingerprint density at radius 1 is 0.824 bits per heavy atom. The van der Waals surface area contributed by atoms with Gasteiger partial charge in [0.05, 0.1) is 6.61 Å². The summed E-state index contributed by atoms with van der Waals surface area (Å²) in [4.78, 5) is 23.4. The van der Waals surface area contributed by atoms with Gasteiger partial charge in [0.25, 0.3) is 0 Å². The molecule has 0 aliphatic rings. The Morgan fingerprint density at radius 3 is 2.03 bits per heavy atom. The number of ether oxygens (including phenoxy) is 1. The summed E-state index contributed by atoms with van der Waals surface area (Å²) in [7, 11) is 0. The number of hydrogen-bond acceptors (Lipinski definition) is 4. The van der Waals surface area contributed by atoms with Gasteiger partial charge in [0.1, 0.15) is 18.8 Å². The molecule has 2 N–H and O–H groups in total. The van der Waals surface area contributed by atoms with Crippen LogP contribution in [0, 0.1) is 0 Å². The number of aliphatic carboxylic acids is 2. The van der Waals surface area contributed by atoms with Crippen LogP contribution in [0.2, 0.25) is 0 Å². The van der Waals surface area contributed by atoms with Crippen molar-refractivity contribution in [2.24, 2.45) is 0 Å². The molecule has 0 bridgehead atoms. The van der Waals surface area contributed by atoms with Gasteiger partial charge in [-0.3, -0.25) is 9.59 Å². The third-order valence-electron chi connectivity index (χ3n) is 5.45. The first-order valence-electron chi connectivity index (χ1n) is 12.7. The zero-order valence-corrected chi connectivity index (χ0v) is 20.8. The van der Waals surface area contributed by atoms with E-state index in [1.807, 2.05) is 0 Å². The first-order valence-corrected chi connectivity index (χ1v) is 12.7. The lowest BCUT2D eigenvalue weighted by molar-refractivity contribution is -0.136. The monoisotopic (exact) mass is 473 g/mol. The molecule has 34 heavy (non-hydrogen) atoms. The molecule has 0 saturated heterocycles. The van der Waals surface area contributed by atoms with E-state index < -0.39 is 11.9 Å². The molecule has 0 aromatic heterocycles. The average Bonchev–Trinajstić information content (AvgIpc) is 2.80. The highest BCUT2D eigenvalue weighted by Gasteiger charge is 2.14. The molecule has 0 saturated carbocycles. The van der Waals surface area contributed by atoms with Crippen molar-refractivity contribution in [1.82, 2.24) is 0 Å². The van der Waals surface area contributed by atoms with Crippen LogP contribution in [0.1, 0.15) is 84.0 Å². The average molecular weight is 474 g/mol. The maximum atomic E-state index is 11.0. The highest BCUT2D eigenvalue weighted by atomic mass is 16.5. The third kappa shape index (κ3) is 15.9. The smallest absolute Gasteiger partial charge is 0.323 e. The minimum atomic E-state index is -1.08. The van der Waals surface area contributed by atoms with Crippen LogP contribution in [0.3, 0.4) is 0 Å². The van der Waals surface area contributed by atoms with E-state index in [4.69, 9.17) is 14.9 Å². The molecule has 0 radical (unpaired) electrons. The van der Waals surface area contributed by atoms with Gasteiger partial charge in [-0.25, -0.2) is 0 Å². The maximum Gasteiger partial charge on any atom is 0.323 e. The van der Waals surface area contributed by atoms with Crippen molar-refractivity contribution >= 4 is 17.6 Å². The Kier molecular flexibility index (Phi) is 16.9. The van der Waals surface area contributed by atoms with Crippen molar-refractivity contribution in [1.29, 1.82) is 0 Å². The third-order valence-corrected chi connectivity index (χ3v) is 5.45. The van der Waals surface area contributed by atoms with Crippen LogP contribution in [0.4, 0.5) is 5.69 Å². The second kappa shape index (κ2) is 19.7. The predicted molar refractivity (Wildman–Crippen MR) is 139 cm³/mol. The summed E-state index contributed by atoms with van der Waals surface area (Å²) in [6.45, 7) is 2.08. The van der Waals surface area contributed by atoms with Crippen molar-refractivity contribution in [3.05, 3.63) is 48.6 Å². The molecule has 6 heteroatoms. The van der Waals surface area contributed by atoms with Crippen LogP contribution in [0.5, 0.6) is 5.75 Å². The lowest BCUT2D eigenvalue weighted by atomic mass is 10.1. The van der Waals surface area contributed by atoms with Gasteiger partial charge in [0, 0.05) is 11.8 Å². The summed E-state index contributed by atoms with van der Waals surface area (Å²) in [5.74, 6) is -1.52. The largest absolute Gasteiger partial charge is 0.494 e. The Hall–Kier alpha value is -2.76. The number of nitrogens with zero attached hydrogens (tertiary/aromatic N) is 1. The fraction of sp³-hybridized carbons (Fsp3) is 0.571. The molecule has 0 atom stereocenters. The summed E-state index contributed by atoms with van der Waals surface area (Å²) in [6, 6.07) is 6.94. The first kappa shape index (κ1) is 29.3. The van der Waals surface area contributed by atoms with E-state index >= 15 is 0 Å². The fourth-order valence-corrected chi connectivity index (χ4v) is 3.62. The van der Waals surface area contributed by atoms with E-state index in [0.29, 0.717) is 18.0 Å². The van der Waals surface area contributed by atoms with E-state index in [0.717, 1.165) is 25.7 Å². The molecule has 0 spiro atoms. The fourth-order valence-electron chi connectivity index (χ4n) is 3.62. The van der Waals surface area contributed by atoms with Crippen LogP contribution < -0.4 is 9.64 Å². The SMILES string of the molecule is CCCCCC=CCC=CCCCCCCCCOc1cccc(N(CC(=O)O)CC(=O)O)c1. The number of carboxylic acids is 2. The molecular weight excluding hydrogens is 430 g/mol. The number of carbonyl (C=O) groups is 2. The van der Waals surface area contributed by atoms with Crippen LogP contribution in [-0.4, -0.2) is 41.8 Å². The quantitative estimate of drug-likeness (QED) is 0.150. The number of allylic oxidation sites excluding steroid dienone is 4. The standard InChI is InChI=1S/C28H43NO5/c1-2-3-4-5-6-7-8-9-10-11-12-13-14-15-16-17-21-34-26-20-18-19-25(22-26)29(23-27(30)31)24-28(32)33/h6-7,9-10,18-20,22H,2-5,8,11-17,21,23-24H2,1H3,(H,30,31)(H,32,33). The summed E-state index contributed by atoms with van der Waals surface area (Å²) < 4.78 is 5.79. The Balaban J connectivity index is 2.11. The van der Waals surface area contributed by atoms with Crippen molar-refractivity contribution in [2.75, 3.05) is 24.6 Å². The van der Waals surface area contributed by atoms with E-state index in [-0.39, 0.29) is 13.1 Å². The van der Waals surface area contributed by atoms with E-state index in [2.05, 4.69) is 31.2 Å². The molecule has 6 nitrogen and oxygen atoms in total. The van der Waals surface area contributed by atoms with Gasteiger partial charge < -0.3 is 19.8 Å². The molecule has 0 aliphatic carbocycles. The minimum Gasteiger partial charge on any atom is -0.494 e. The summed E-state index contributed by atoms with van der Waals surface area (Å²) in [6.07, 6.45) is 23.5. The van der Waals surface area contributed by atoms with Crippen molar-refractivity contribution in [3.8, 4) is 5.75 Å². The zero-order chi connectivity index (χ0) is 24.9. The van der Waals surface area contributed by atoms with Crippen molar-refractivity contribution in [2.45, 2.75) is 84.0 Å².